The van der Waals surface area contributed by atoms with E-state index >= 15 is 0 Å². The number of anilines is 2. The molecule has 0 spiro atoms. The summed E-state index contributed by atoms with van der Waals surface area (Å²) in [7, 11) is 0. The molecule has 1 heterocycles. The topological polar surface area (TPSA) is 50.9 Å². The van der Waals surface area contributed by atoms with Crippen LogP contribution < -0.4 is 11.1 Å². The van der Waals surface area contributed by atoms with E-state index in [9.17, 15) is 0 Å². The number of hydrogen-bond donors (Lipinski definition) is 2. The molecule has 3 N–H and O–H groups in total. The van der Waals surface area contributed by atoms with Crippen molar-refractivity contribution in [3.8, 4) is 0 Å². The lowest BCUT2D eigenvalue weighted by molar-refractivity contribution is 1.09. The Morgan fingerprint density at radius 1 is 0.773 bits per heavy atom. The van der Waals surface area contributed by atoms with Gasteiger partial charge in [0.2, 0.25) is 0 Å². The standard InChI is InChI=1S/C19H19N3/c20-19-17(13-15-7-3-1-4-8-15)11-12-18(22-19)21-14-16-9-5-2-6-10-16/h1-12H,13-14H2,(H3,20,21,22). The molecular formula is C19H19N3. The van der Waals surface area contributed by atoms with Gasteiger partial charge in [0.1, 0.15) is 11.6 Å². The molecule has 3 aromatic rings. The maximum Gasteiger partial charge on any atom is 0.129 e. The normalized spacial score (nSPS) is 10.4. The summed E-state index contributed by atoms with van der Waals surface area (Å²) in [5, 5.41) is 3.30. The molecule has 0 amide bonds. The first-order valence-electron chi connectivity index (χ1n) is 7.38. The number of pyridine rings is 1. The van der Waals surface area contributed by atoms with Crippen molar-refractivity contribution < 1.29 is 0 Å². The lowest BCUT2D eigenvalue weighted by Crippen LogP contribution is -2.05. The van der Waals surface area contributed by atoms with Crippen LogP contribution in [0.15, 0.2) is 72.8 Å². The van der Waals surface area contributed by atoms with Crippen molar-refractivity contribution in [3.05, 3.63) is 89.5 Å². The molecule has 0 fully saturated rings. The summed E-state index contributed by atoms with van der Waals surface area (Å²) >= 11 is 0. The molecule has 0 unspecified atom stereocenters. The molecule has 0 saturated heterocycles. The molecule has 0 atom stereocenters. The lowest BCUT2D eigenvalue weighted by atomic mass is 10.1. The number of nitrogens with one attached hydrogen (secondary N) is 1. The minimum Gasteiger partial charge on any atom is -0.383 e. The molecule has 0 saturated carbocycles. The second kappa shape index (κ2) is 6.76. The first-order valence-corrected chi connectivity index (χ1v) is 7.38. The number of rotatable bonds is 5. The van der Waals surface area contributed by atoms with Gasteiger partial charge in [-0.3, -0.25) is 0 Å². The maximum absolute atomic E-state index is 6.09. The van der Waals surface area contributed by atoms with Crippen molar-refractivity contribution in [2.75, 3.05) is 11.1 Å². The molecule has 3 heteroatoms. The first-order chi connectivity index (χ1) is 10.8. The molecule has 0 aliphatic carbocycles. The van der Waals surface area contributed by atoms with Crippen LogP contribution in [0, 0.1) is 0 Å². The summed E-state index contributed by atoms with van der Waals surface area (Å²) in [4.78, 5) is 4.45. The molecule has 3 nitrogen and oxygen atoms in total. The maximum atomic E-state index is 6.09. The Kier molecular flexibility index (Phi) is 4.35. The van der Waals surface area contributed by atoms with Crippen LogP contribution in [0.4, 0.5) is 11.6 Å². The highest BCUT2D eigenvalue weighted by Crippen LogP contribution is 2.17. The zero-order valence-electron chi connectivity index (χ0n) is 12.4. The highest BCUT2D eigenvalue weighted by Gasteiger charge is 2.04. The zero-order chi connectivity index (χ0) is 15.2. The summed E-state index contributed by atoms with van der Waals surface area (Å²) in [6.45, 7) is 0.741. The average Bonchev–Trinajstić information content (AvgIpc) is 2.57. The SMILES string of the molecule is Nc1nc(NCc2ccccc2)ccc1Cc1ccccc1. The number of nitrogen functional groups attached to an aromatic ring is 1. The third-order valence-electron chi connectivity index (χ3n) is 3.57. The summed E-state index contributed by atoms with van der Waals surface area (Å²) < 4.78 is 0. The second-order valence-electron chi connectivity index (χ2n) is 5.24. The fraction of sp³-hybridized carbons (Fsp3) is 0.105. The highest BCUT2D eigenvalue weighted by molar-refractivity contribution is 5.50. The van der Waals surface area contributed by atoms with E-state index in [1.807, 2.05) is 48.5 Å². The van der Waals surface area contributed by atoms with E-state index in [1.165, 1.54) is 11.1 Å². The Morgan fingerprint density at radius 2 is 1.41 bits per heavy atom. The van der Waals surface area contributed by atoms with E-state index in [2.05, 4.69) is 34.6 Å². The van der Waals surface area contributed by atoms with Crippen molar-refractivity contribution in [3.63, 3.8) is 0 Å². The smallest absolute Gasteiger partial charge is 0.129 e. The minimum absolute atomic E-state index is 0.585. The van der Waals surface area contributed by atoms with E-state index in [0.717, 1.165) is 24.3 Å². The van der Waals surface area contributed by atoms with Gasteiger partial charge in [-0.15, -0.1) is 0 Å². The van der Waals surface area contributed by atoms with Crippen LogP contribution in [0.3, 0.4) is 0 Å². The van der Waals surface area contributed by atoms with Crippen LogP contribution in [0.25, 0.3) is 0 Å². The zero-order valence-corrected chi connectivity index (χ0v) is 12.4. The third kappa shape index (κ3) is 3.64. The van der Waals surface area contributed by atoms with Crippen LogP contribution in [0.5, 0.6) is 0 Å². The second-order valence-corrected chi connectivity index (χ2v) is 5.24. The number of hydrogen-bond acceptors (Lipinski definition) is 3. The van der Waals surface area contributed by atoms with Crippen LogP contribution >= 0.6 is 0 Å². The van der Waals surface area contributed by atoms with Gasteiger partial charge in [0.25, 0.3) is 0 Å². The summed E-state index contributed by atoms with van der Waals surface area (Å²) in [5.74, 6) is 1.39. The molecule has 3 rings (SSSR count). The monoisotopic (exact) mass is 289 g/mol. The largest absolute Gasteiger partial charge is 0.383 e. The Labute approximate surface area is 130 Å². The van der Waals surface area contributed by atoms with Crippen molar-refractivity contribution in [2.45, 2.75) is 13.0 Å². The van der Waals surface area contributed by atoms with Gasteiger partial charge >= 0.3 is 0 Å². The number of benzene rings is 2. The van der Waals surface area contributed by atoms with E-state index in [4.69, 9.17) is 5.73 Å². The number of nitrogens with two attached hydrogens (primary N) is 1. The molecule has 2 aromatic carbocycles. The van der Waals surface area contributed by atoms with Gasteiger partial charge in [0.05, 0.1) is 0 Å². The molecular weight excluding hydrogens is 270 g/mol. The van der Waals surface area contributed by atoms with Crippen molar-refractivity contribution in [1.29, 1.82) is 0 Å². The lowest BCUT2D eigenvalue weighted by Gasteiger charge is -2.09. The summed E-state index contributed by atoms with van der Waals surface area (Å²) in [6.07, 6.45) is 0.804. The molecule has 0 radical (unpaired) electrons. The van der Waals surface area contributed by atoms with Gasteiger partial charge < -0.3 is 11.1 Å². The Bertz CT molecular complexity index is 724. The van der Waals surface area contributed by atoms with Gasteiger partial charge in [-0.2, -0.15) is 0 Å². The summed E-state index contributed by atoms with van der Waals surface area (Å²) in [5.41, 5.74) is 9.60. The fourth-order valence-corrected chi connectivity index (χ4v) is 2.36. The van der Waals surface area contributed by atoms with E-state index in [1.54, 1.807) is 0 Å². The molecule has 0 aliphatic heterocycles. The van der Waals surface area contributed by atoms with Crippen molar-refractivity contribution >= 4 is 11.6 Å². The number of aromatic nitrogens is 1. The van der Waals surface area contributed by atoms with Crippen molar-refractivity contribution in [2.24, 2.45) is 0 Å². The van der Waals surface area contributed by atoms with Gasteiger partial charge in [-0.05, 0) is 22.8 Å². The number of nitrogens with zero attached hydrogens (tertiary/aromatic N) is 1. The van der Waals surface area contributed by atoms with Crippen LogP contribution in [0.1, 0.15) is 16.7 Å². The van der Waals surface area contributed by atoms with Crippen LogP contribution in [-0.2, 0) is 13.0 Å². The first kappa shape index (κ1) is 14.1. The van der Waals surface area contributed by atoms with E-state index in [-0.39, 0.29) is 0 Å². The Morgan fingerprint density at radius 3 is 2.05 bits per heavy atom. The summed E-state index contributed by atoms with van der Waals surface area (Å²) in [6, 6.07) is 24.6. The van der Waals surface area contributed by atoms with E-state index in [0.29, 0.717) is 5.82 Å². The van der Waals surface area contributed by atoms with Gasteiger partial charge in [-0.1, -0.05) is 66.7 Å². The Hall–Kier alpha value is -2.81. The van der Waals surface area contributed by atoms with E-state index < -0.39 is 0 Å². The van der Waals surface area contributed by atoms with Crippen molar-refractivity contribution in [1.82, 2.24) is 4.98 Å². The highest BCUT2D eigenvalue weighted by atomic mass is 15.0. The molecule has 0 bridgehead atoms. The predicted octanol–water partition coefficient (Wildman–Crippen LogP) is 3.87. The van der Waals surface area contributed by atoms with Gasteiger partial charge in [-0.25, -0.2) is 4.98 Å². The Balaban J connectivity index is 1.67. The van der Waals surface area contributed by atoms with Gasteiger partial charge in [0, 0.05) is 13.0 Å². The molecule has 1 aromatic heterocycles. The van der Waals surface area contributed by atoms with Crippen LogP contribution in [0.2, 0.25) is 0 Å². The molecule has 0 aliphatic rings. The third-order valence-corrected chi connectivity index (χ3v) is 3.57. The molecule has 22 heavy (non-hydrogen) atoms. The van der Waals surface area contributed by atoms with Crippen LogP contribution in [-0.4, -0.2) is 4.98 Å². The van der Waals surface area contributed by atoms with Gasteiger partial charge in [0.15, 0.2) is 0 Å². The quantitative estimate of drug-likeness (QED) is 0.749. The average molecular weight is 289 g/mol. The predicted molar refractivity (Wildman–Crippen MR) is 91.7 cm³/mol. The minimum atomic E-state index is 0.585. The molecule has 110 valence electrons. The fourth-order valence-electron chi connectivity index (χ4n) is 2.36.